The Morgan fingerprint density at radius 2 is 1.72 bits per heavy atom. The van der Waals surface area contributed by atoms with E-state index in [0.29, 0.717) is 12.8 Å². The maximum atomic E-state index is 12.0. The molecule has 0 radical (unpaired) electrons. The van der Waals surface area contributed by atoms with Crippen LogP contribution in [-0.2, 0) is 10.0 Å². The number of sulfonamides is 1. The molecule has 0 heterocycles. The van der Waals surface area contributed by atoms with Gasteiger partial charge < -0.3 is 5.11 Å². The number of hydrogen-bond acceptors (Lipinski definition) is 3. The van der Waals surface area contributed by atoms with Crippen LogP contribution in [0.1, 0.15) is 26.7 Å². The van der Waals surface area contributed by atoms with Crippen LogP contribution in [0.2, 0.25) is 0 Å². The van der Waals surface area contributed by atoms with Crippen LogP contribution in [0, 0.1) is 0 Å². The molecule has 0 atom stereocenters. The highest BCUT2D eigenvalue weighted by Crippen LogP contribution is 2.17. The Morgan fingerprint density at radius 1 is 1.22 bits per heavy atom. The number of nitrogens with one attached hydrogen (secondary N) is 1. The summed E-state index contributed by atoms with van der Waals surface area (Å²) in [5.74, 6) is 0. The monoisotopic (exact) mass is 335 g/mol. The van der Waals surface area contributed by atoms with Crippen LogP contribution in [0.15, 0.2) is 33.6 Å². The summed E-state index contributed by atoms with van der Waals surface area (Å²) in [4.78, 5) is 0.195. The molecule has 4 nitrogen and oxygen atoms in total. The van der Waals surface area contributed by atoms with Crippen LogP contribution >= 0.6 is 15.9 Å². The summed E-state index contributed by atoms with van der Waals surface area (Å²) in [6, 6.07) is 6.37. The first-order valence-electron chi connectivity index (χ1n) is 5.80. The molecule has 6 heteroatoms. The Balaban J connectivity index is 2.80. The van der Waals surface area contributed by atoms with Gasteiger partial charge in [-0.1, -0.05) is 29.8 Å². The van der Waals surface area contributed by atoms with Gasteiger partial charge in [0.25, 0.3) is 0 Å². The highest BCUT2D eigenvalue weighted by molar-refractivity contribution is 9.10. The third-order valence-electron chi connectivity index (χ3n) is 3.03. The molecule has 0 aliphatic carbocycles. The molecule has 0 spiro atoms. The first-order valence-corrected chi connectivity index (χ1v) is 8.08. The van der Waals surface area contributed by atoms with Gasteiger partial charge in [0.1, 0.15) is 0 Å². The van der Waals surface area contributed by atoms with E-state index in [4.69, 9.17) is 0 Å². The second kappa shape index (κ2) is 6.14. The van der Waals surface area contributed by atoms with Crippen LogP contribution in [0.4, 0.5) is 0 Å². The topological polar surface area (TPSA) is 66.4 Å². The Bertz CT molecular complexity index is 481. The molecular weight excluding hydrogens is 318 g/mol. The molecule has 1 rings (SSSR count). The highest BCUT2D eigenvalue weighted by Gasteiger charge is 2.25. The molecule has 1 aromatic rings. The second-order valence-corrected chi connectivity index (χ2v) is 6.89. The quantitative estimate of drug-likeness (QED) is 0.838. The highest BCUT2D eigenvalue weighted by atomic mass is 79.9. The van der Waals surface area contributed by atoms with Crippen LogP contribution in [0.5, 0.6) is 0 Å². The second-order valence-electron chi connectivity index (χ2n) is 4.21. The lowest BCUT2D eigenvalue weighted by Crippen LogP contribution is -2.41. The third-order valence-corrected chi connectivity index (χ3v) is 4.98. The number of halogens is 1. The fourth-order valence-corrected chi connectivity index (χ4v) is 2.81. The van der Waals surface area contributed by atoms with Gasteiger partial charge in [-0.25, -0.2) is 13.1 Å². The predicted octanol–water partition coefficient (Wildman–Crippen LogP) is 2.28. The largest absolute Gasteiger partial charge is 0.389 e. The maximum Gasteiger partial charge on any atom is 0.240 e. The molecule has 2 N–H and O–H groups in total. The number of aliphatic hydroxyl groups is 1. The zero-order valence-corrected chi connectivity index (χ0v) is 12.9. The summed E-state index contributed by atoms with van der Waals surface area (Å²) < 4.78 is 27.2. The Morgan fingerprint density at radius 3 is 2.17 bits per heavy atom. The van der Waals surface area contributed by atoms with E-state index in [-0.39, 0.29) is 11.4 Å². The van der Waals surface area contributed by atoms with Crippen molar-refractivity contribution in [3.63, 3.8) is 0 Å². The molecule has 0 aliphatic heterocycles. The molecule has 0 aromatic heterocycles. The minimum absolute atomic E-state index is 0.0262. The lowest BCUT2D eigenvalue weighted by Gasteiger charge is -2.25. The van der Waals surface area contributed by atoms with E-state index >= 15 is 0 Å². The average molecular weight is 336 g/mol. The fourth-order valence-electron chi connectivity index (χ4n) is 1.43. The van der Waals surface area contributed by atoms with Crippen molar-refractivity contribution >= 4 is 26.0 Å². The Hall–Kier alpha value is -0.430. The van der Waals surface area contributed by atoms with E-state index in [2.05, 4.69) is 20.7 Å². The molecule has 0 saturated heterocycles. The van der Waals surface area contributed by atoms with E-state index in [9.17, 15) is 13.5 Å². The molecule has 0 amide bonds. The van der Waals surface area contributed by atoms with Crippen molar-refractivity contribution in [3.05, 3.63) is 28.7 Å². The number of hydrogen-bond donors (Lipinski definition) is 2. The molecule has 0 saturated carbocycles. The van der Waals surface area contributed by atoms with Gasteiger partial charge in [0.05, 0.1) is 10.5 Å². The molecule has 0 unspecified atom stereocenters. The van der Waals surface area contributed by atoms with Crippen molar-refractivity contribution in [1.29, 1.82) is 0 Å². The van der Waals surface area contributed by atoms with Crippen LogP contribution < -0.4 is 4.72 Å². The first-order chi connectivity index (χ1) is 8.33. The lowest BCUT2D eigenvalue weighted by molar-refractivity contribution is 0.0377. The van der Waals surface area contributed by atoms with Gasteiger partial charge in [-0.2, -0.15) is 0 Å². The summed E-state index contributed by atoms with van der Waals surface area (Å²) >= 11 is 3.25. The predicted molar refractivity (Wildman–Crippen MR) is 74.9 cm³/mol. The van der Waals surface area contributed by atoms with Crippen molar-refractivity contribution in [2.45, 2.75) is 37.2 Å². The van der Waals surface area contributed by atoms with Crippen molar-refractivity contribution in [2.24, 2.45) is 0 Å². The summed E-state index contributed by atoms with van der Waals surface area (Å²) in [5, 5.41) is 10.0. The van der Waals surface area contributed by atoms with E-state index in [1.807, 2.05) is 13.8 Å². The van der Waals surface area contributed by atoms with Crippen molar-refractivity contribution < 1.29 is 13.5 Å². The van der Waals surface area contributed by atoms with Gasteiger partial charge in [0.15, 0.2) is 0 Å². The molecule has 1 aromatic carbocycles. The molecule has 102 valence electrons. The zero-order chi connectivity index (χ0) is 13.8. The SMILES string of the molecule is CCC(O)(CC)CNS(=O)(=O)c1ccc(Br)cc1. The zero-order valence-electron chi connectivity index (χ0n) is 10.5. The minimum Gasteiger partial charge on any atom is -0.389 e. The van der Waals surface area contributed by atoms with Crippen molar-refractivity contribution in [2.75, 3.05) is 6.54 Å². The number of benzene rings is 1. The van der Waals surface area contributed by atoms with E-state index in [1.165, 1.54) is 12.1 Å². The molecular formula is C12H18BrNO3S. The normalized spacial score (nSPS) is 12.7. The summed E-state index contributed by atoms with van der Waals surface area (Å²) in [6.07, 6.45) is 1.01. The standard InChI is InChI=1S/C12H18BrNO3S/c1-3-12(15,4-2)9-14-18(16,17)11-7-5-10(13)6-8-11/h5-8,14-15H,3-4,9H2,1-2H3. The maximum absolute atomic E-state index is 12.0. The summed E-state index contributed by atoms with van der Waals surface area (Å²) in [6.45, 7) is 3.69. The molecule has 0 aliphatic rings. The van der Waals surface area contributed by atoms with Crippen molar-refractivity contribution in [3.8, 4) is 0 Å². The Kier molecular flexibility index (Phi) is 5.33. The third kappa shape index (κ3) is 4.05. The smallest absolute Gasteiger partial charge is 0.240 e. The van der Waals surface area contributed by atoms with E-state index < -0.39 is 15.6 Å². The Labute approximate surface area is 117 Å². The van der Waals surface area contributed by atoms with E-state index in [0.717, 1.165) is 4.47 Å². The van der Waals surface area contributed by atoms with Crippen molar-refractivity contribution in [1.82, 2.24) is 4.72 Å². The number of rotatable bonds is 6. The summed E-state index contributed by atoms with van der Waals surface area (Å²) in [7, 11) is -3.56. The van der Waals surface area contributed by atoms with Gasteiger partial charge >= 0.3 is 0 Å². The van der Waals surface area contributed by atoms with E-state index in [1.54, 1.807) is 12.1 Å². The first kappa shape index (κ1) is 15.6. The lowest BCUT2D eigenvalue weighted by atomic mass is 9.98. The molecule has 18 heavy (non-hydrogen) atoms. The van der Waals surface area contributed by atoms with Crippen LogP contribution in [0.25, 0.3) is 0 Å². The molecule has 0 fully saturated rings. The van der Waals surface area contributed by atoms with Crippen LogP contribution in [0.3, 0.4) is 0 Å². The average Bonchev–Trinajstić information content (AvgIpc) is 2.37. The fraction of sp³-hybridized carbons (Fsp3) is 0.500. The minimum atomic E-state index is -3.56. The van der Waals surface area contributed by atoms with Gasteiger partial charge in [-0.15, -0.1) is 0 Å². The van der Waals surface area contributed by atoms with Gasteiger partial charge in [0.2, 0.25) is 10.0 Å². The van der Waals surface area contributed by atoms with Gasteiger partial charge in [0, 0.05) is 11.0 Å². The van der Waals surface area contributed by atoms with Crippen LogP contribution in [-0.4, -0.2) is 25.7 Å². The molecule has 0 bridgehead atoms. The summed E-state index contributed by atoms with van der Waals surface area (Å²) in [5.41, 5.74) is -0.984. The van der Waals surface area contributed by atoms with Gasteiger partial charge in [-0.05, 0) is 37.1 Å². The van der Waals surface area contributed by atoms with Gasteiger partial charge in [-0.3, -0.25) is 0 Å².